The number of nitrogens with zero attached hydrogens (tertiary/aromatic N) is 4. The molecule has 1 aliphatic carbocycles. The van der Waals surface area contributed by atoms with Crippen LogP contribution in [0.4, 0.5) is 17.5 Å². The van der Waals surface area contributed by atoms with Crippen molar-refractivity contribution >= 4 is 38.5 Å². The highest BCUT2D eigenvalue weighted by molar-refractivity contribution is 7.89. The molecule has 0 atom stereocenters. The molecule has 35 heavy (non-hydrogen) atoms. The number of H-pyrrole nitrogens is 1. The number of hydrogen-bond acceptors (Lipinski definition) is 9. The van der Waals surface area contributed by atoms with Crippen LogP contribution in [0.15, 0.2) is 29.3 Å². The van der Waals surface area contributed by atoms with Crippen LogP contribution in [0.2, 0.25) is 0 Å². The molecule has 11 nitrogen and oxygen atoms in total. The molecule has 1 aliphatic heterocycles. The Balaban J connectivity index is 1.44. The standard InChI is InChI=1S/C23H27N7O4S/c1-33-19-11-17(35(31,32)30-7-9-34-10-8-30)5-6-18(19)27-23-28-21(25-13-15-3-2-4-15)20-16(12-24)14-26-22(20)29-23/h5-6,11,14-15H,2-4,7-10,13H2,1H3,(H3,25,26,27,28,29). The van der Waals surface area contributed by atoms with E-state index >= 15 is 0 Å². The number of anilines is 3. The Morgan fingerprint density at radius 1 is 1.29 bits per heavy atom. The molecule has 3 aromatic rings. The highest BCUT2D eigenvalue weighted by Crippen LogP contribution is 2.33. The van der Waals surface area contributed by atoms with Gasteiger partial charge in [0.1, 0.15) is 23.3 Å². The van der Waals surface area contributed by atoms with Gasteiger partial charge in [-0.2, -0.15) is 19.5 Å². The minimum Gasteiger partial charge on any atom is -0.495 e. The third-order valence-electron chi connectivity index (χ3n) is 6.46. The van der Waals surface area contributed by atoms with Crippen LogP contribution >= 0.6 is 0 Å². The maximum atomic E-state index is 13.0. The summed E-state index contributed by atoms with van der Waals surface area (Å²) in [5.41, 5.74) is 1.52. The number of nitriles is 1. The van der Waals surface area contributed by atoms with Crippen molar-refractivity contribution in [1.82, 2.24) is 19.3 Å². The van der Waals surface area contributed by atoms with Gasteiger partial charge < -0.3 is 25.1 Å². The fraction of sp³-hybridized carbons (Fsp3) is 0.435. The molecule has 2 aromatic heterocycles. The van der Waals surface area contributed by atoms with Crippen molar-refractivity contribution in [3.8, 4) is 11.8 Å². The van der Waals surface area contributed by atoms with Gasteiger partial charge in [0.25, 0.3) is 0 Å². The summed E-state index contributed by atoms with van der Waals surface area (Å²) in [5.74, 6) is 1.81. The third-order valence-corrected chi connectivity index (χ3v) is 8.36. The van der Waals surface area contributed by atoms with Gasteiger partial charge in [0, 0.05) is 31.9 Å². The average molecular weight is 498 g/mol. The first kappa shape index (κ1) is 23.3. The minimum atomic E-state index is -3.66. The number of ether oxygens (including phenoxy) is 2. The van der Waals surface area contributed by atoms with Gasteiger partial charge in [-0.25, -0.2) is 8.42 Å². The predicted molar refractivity (Wildman–Crippen MR) is 130 cm³/mol. The summed E-state index contributed by atoms with van der Waals surface area (Å²) in [5, 5.41) is 16.7. The number of nitrogens with one attached hydrogen (secondary N) is 3. The monoisotopic (exact) mass is 497 g/mol. The Bertz CT molecular complexity index is 1370. The second-order valence-corrected chi connectivity index (χ2v) is 10.6. The van der Waals surface area contributed by atoms with E-state index in [2.05, 4.69) is 31.7 Å². The van der Waals surface area contributed by atoms with Crippen molar-refractivity contribution in [2.75, 3.05) is 50.6 Å². The Morgan fingerprint density at radius 3 is 2.77 bits per heavy atom. The zero-order valence-corrected chi connectivity index (χ0v) is 20.2. The lowest BCUT2D eigenvalue weighted by Gasteiger charge is -2.26. The van der Waals surface area contributed by atoms with Gasteiger partial charge in [0.2, 0.25) is 16.0 Å². The number of sulfonamides is 1. The van der Waals surface area contributed by atoms with E-state index < -0.39 is 10.0 Å². The topological polar surface area (TPSA) is 145 Å². The second-order valence-electron chi connectivity index (χ2n) is 8.61. The normalized spacial score (nSPS) is 17.0. The Morgan fingerprint density at radius 2 is 2.09 bits per heavy atom. The summed E-state index contributed by atoms with van der Waals surface area (Å²) < 4.78 is 38.2. The number of aromatic nitrogens is 3. The Kier molecular flexibility index (Phi) is 6.46. The van der Waals surface area contributed by atoms with Gasteiger partial charge in [-0.1, -0.05) is 6.42 Å². The molecular formula is C23H27N7O4S. The molecule has 0 spiro atoms. The predicted octanol–water partition coefficient (Wildman–Crippen LogP) is 2.81. The van der Waals surface area contributed by atoms with E-state index in [4.69, 9.17) is 9.47 Å². The van der Waals surface area contributed by atoms with Crippen LogP contribution in [0.3, 0.4) is 0 Å². The third kappa shape index (κ3) is 4.62. The van der Waals surface area contributed by atoms with Crippen molar-refractivity contribution in [2.45, 2.75) is 24.2 Å². The lowest BCUT2D eigenvalue weighted by Crippen LogP contribution is -2.40. The van der Waals surface area contributed by atoms with Crippen LogP contribution in [0, 0.1) is 17.2 Å². The molecule has 2 aliphatic rings. The molecule has 1 saturated carbocycles. The molecule has 1 saturated heterocycles. The molecule has 2 fully saturated rings. The number of morpholine rings is 1. The van der Waals surface area contributed by atoms with E-state index in [0.29, 0.717) is 72.0 Å². The smallest absolute Gasteiger partial charge is 0.243 e. The van der Waals surface area contributed by atoms with Crippen molar-refractivity contribution in [3.63, 3.8) is 0 Å². The number of fused-ring (bicyclic) bond motifs is 1. The van der Waals surface area contributed by atoms with Crippen molar-refractivity contribution in [1.29, 1.82) is 5.26 Å². The van der Waals surface area contributed by atoms with E-state index in [0.717, 1.165) is 6.54 Å². The fourth-order valence-corrected chi connectivity index (χ4v) is 5.66. The van der Waals surface area contributed by atoms with Gasteiger partial charge in [-0.15, -0.1) is 0 Å². The van der Waals surface area contributed by atoms with E-state index in [1.807, 2.05) is 0 Å². The summed E-state index contributed by atoms with van der Waals surface area (Å²) in [6.45, 7) is 2.16. The molecular weight excluding hydrogens is 470 g/mol. The molecule has 12 heteroatoms. The number of methoxy groups -OCH3 is 1. The summed E-state index contributed by atoms with van der Waals surface area (Å²) in [6.07, 6.45) is 5.22. The first-order valence-corrected chi connectivity index (χ1v) is 13.0. The van der Waals surface area contributed by atoms with E-state index in [9.17, 15) is 13.7 Å². The van der Waals surface area contributed by atoms with E-state index in [1.54, 1.807) is 12.3 Å². The molecule has 3 heterocycles. The summed E-state index contributed by atoms with van der Waals surface area (Å²) in [4.78, 5) is 12.3. The van der Waals surface area contributed by atoms with Crippen LogP contribution in [0.5, 0.6) is 5.75 Å². The molecule has 0 radical (unpaired) electrons. The number of benzene rings is 1. The zero-order valence-electron chi connectivity index (χ0n) is 19.4. The van der Waals surface area contributed by atoms with Gasteiger partial charge in [-0.05, 0) is 30.9 Å². The van der Waals surface area contributed by atoms with Gasteiger partial charge in [0.05, 0.1) is 41.9 Å². The van der Waals surface area contributed by atoms with Crippen LogP contribution in [0.1, 0.15) is 24.8 Å². The molecule has 184 valence electrons. The van der Waals surface area contributed by atoms with Crippen LogP contribution in [0.25, 0.3) is 11.0 Å². The Hall–Kier alpha value is -3.40. The molecule has 5 rings (SSSR count). The maximum Gasteiger partial charge on any atom is 0.243 e. The van der Waals surface area contributed by atoms with Crippen LogP contribution < -0.4 is 15.4 Å². The second kappa shape index (κ2) is 9.69. The number of hydrogen-bond donors (Lipinski definition) is 3. The quantitative estimate of drug-likeness (QED) is 0.428. The molecule has 0 unspecified atom stereocenters. The number of aromatic amines is 1. The summed E-state index contributed by atoms with van der Waals surface area (Å²) in [7, 11) is -2.19. The van der Waals surface area contributed by atoms with Crippen molar-refractivity contribution in [3.05, 3.63) is 30.0 Å². The molecule has 3 N–H and O–H groups in total. The maximum absolute atomic E-state index is 13.0. The molecule has 0 amide bonds. The lowest BCUT2D eigenvalue weighted by molar-refractivity contribution is 0.0730. The average Bonchev–Trinajstić information content (AvgIpc) is 3.27. The minimum absolute atomic E-state index is 0.143. The van der Waals surface area contributed by atoms with Gasteiger partial charge in [-0.3, -0.25) is 0 Å². The van der Waals surface area contributed by atoms with E-state index in [1.165, 1.54) is 42.8 Å². The summed E-state index contributed by atoms with van der Waals surface area (Å²) >= 11 is 0. The zero-order chi connectivity index (χ0) is 24.4. The van der Waals surface area contributed by atoms with Gasteiger partial charge >= 0.3 is 0 Å². The van der Waals surface area contributed by atoms with Crippen LogP contribution in [-0.2, 0) is 14.8 Å². The van der Waals surface area contributed by atoms with E-state index in [-0.39, 0.29) is 4.90 Å². The van der Waals surface area contributed by atoms with Crippen LogP contribution in [-0.4, -0.2) is 67.6 Å². The Labute approximate surface area is 203 Å². The largest absolute Gasteiger partial charge is 0.495 e. The van der Waals surface area contributed by atoms with Gasteiger partial charge in [0.15, 0.2) is 0 Å². The highest BCUT2D eigenvalue weighted by atomic mass is 32.2. The first-order chi connectivity index (χ1) is 17.0. The SMILES string of the molecule is COc1cc(S(=O)(=O)N2CCOCC2)ccc1Nc1nc(NCC2CCC2)c2c(C#N)c[nH]c2n1. The number of rotatable bonds is 8. The summed E-state index contributed by atoms with van der Waals surface area (Å²) in [6, 6.07) is 6.84. The van der Waals surface area contributed by atoms with Crippen molar-refractivity contribution < 1.29 is 17.9 Å². The van der Waals surface area contributed by atoms with Crippen molar-refractivity contribution in [2.24, 2.45) is 5.92 Å². The molecule has 0 bridgehead atoms. The highest BCUT2D eigenvalue weighted by Gasteiger charge is 2.27. The first-order valence-electron chi connectivity index (χ1n) is 11.6. The lowest BCUT2D eigenvalue weighted by atomic mass is 9.85. The molecule has 1 aromatic carbocycles. The fourth-order valence-electron chi connectivity index (χ4n) is 4.23.